The fourth-order valence-electron chi connectivity index (χ4n) is 3.64. The monoisotopic (exact) mass is 378 g/mol. The van der Waals surface area contributed by atoms with E-state index in [2.05, 4.69) is 27.8 Å². The smallest absolute Gasteiger partial charge is 0.319 e. The van der Waals surface area contributed by atoms with Crippen LogP contribution in [0.1, 0.15) is 38.1 Å². The molecule has 144 valence electrons. The van der Waals surface area contributed by atoms with Crippen molar-refractivity contribution in [3.8, 4) is 0 Å². The molecule has 1 aliphatic rings. The summed E-state index contributed by atoms with van der Waals surface area (Å²) in [4.78, 5) is 27.2. The molecule has 4 rings (SSSR count). The zero-order valence-corrected chi connectivity index (χ0v) is 15.9. The van der Waals surface area contributed by atoms with Crippen molar-refractivity contribution in [2.45, 2.75) is 45.3 Å². The third kappa shape index (κ3) is 2.90. The molecule has 0 aliphatic carbocycles. The lowest BCUT2D eigenvalue weighted by Gasteiger charge is -2.24. The summed E-state index contributed by atoms with van der Waals surface area (Å²) in [6, 6.07) is 13.2. The van der Waals surface area contributed by atoms with Gasteiger partial charge in [-0.2, -0.15) is 0 Å². The van der Waals surface area contributed by atoms with Crippen LogP contribution in [0.15, 0.2) is 42.5 Å². The van der Waals surface area contributed by atoms with Gasteiger partial charge in [0, 0.05) is 6.54 Å². The van der Waals surface area contributed by atoms with Gasteiger partial charge >= 0.3 is 6.03 Å². The minimum Gasteiger partial charge on any atom is -0.319 e. The molecule has 8 nitrogen and oxygen atoms in total. The average molecular weight is 378 g/mol. The van der Waals surface area contributed by atoms with E-state index in [-0.39, 0.29) is 12.5 Å². The van der Waals surface area contributed by atoms with Crippen LogP contribution in [0.5, 0.6) is 0 Å². The Hall–Kier alpha value is -3.29. The summed E-state index contributed by atoms with van der Waals surface area (Å²) in [5.74, 6) is 0.193. The van der Waals surface area contributed by atoms with Gasteiger partial charge < -0.3 is 5.32 Å². The molecular weight excluding hydrogens is 356 g/mol. The number of aryl methyl sites for hydroxylation is 1. The van der Waals surface area contributed by atoms with Crippen LogP contribution in [-0.4, -0.2) is 37.0 Å². The van der Waals surface area contributed by atoms with E-state index >= 15 is 0 Å². The van der Waals surface area contributed by atoms with Gasteiger partial charge in [-0.1, -0.05) is 55.8 Å². The molecule has 1 fully saturated rings. The van der Waals surface area contributed by atoms with E-state index in [4.69, 9.17) is 0 Å². The van der Waals surface area contributed by atoms with Gasteiger partial charge in [0.1, 0.15) is 5.54 Å². The average Bonchev–Trinajstić information content (AvgIpc) is 3.24. The molecule has 3 aromatic rings. The number of hydrogen-bond acceptors (Lipinski definition) is 5. The first-order valence-corrected chi connectivity index (χ1v) is 9.42. The number of nitrogens with one attached hydrogen (secondary N) is 1. The van der Waals surface area contributed by atoms with E-state index in [1.54, 1.807) is 11.6 Å². The molecule has 8 heteroatoms. The number of aromatic nitrogens is 4. The predicted octanol–water partition coefficient (Wildman–Crippen LogP) is 2.59. The highest BCUT2D eigenvalue weighted by molar-refractivity contribution is 6.09. The minimum atomic E-state index is -1.14. The number of imide groups is 1. The van der Waals surface area contributed by atoms with Gasteiger partial charge in [-0.25, -0.2) is 9.48 Å². The van der Waals surface area contributed by atoms with Crippen LogP contribution < -0.4 is 5.32 Å². The van der Waals surface area contributed by atoms with Crippen LogP contribution in [-0.2, 0) is 23.4 Å². The third-order valence-electron chi connectivity index (χ3n) is 5.23. The maximum absolute atomic E-state index is 13.3. The number of tetrazole rings is 1. The standard InChI is InChI=1S/C20H22N6O2/c1-3-4-12-26-17(22-23-24-26)13-25-18(27)20(2,21-19(25)28)16-11-7-9-14-8-5-6-10-15(14)16/h5-11H,3-4,12-13H2,1-2H3,(H,21,28). The summed E-state index contributed by atoms with van der Waals surface area (Å²) < 4.78 is 1.65. The zero-order valence-electron chi connectivity index (χ0n) is 15.9. The first-order chi connectivity index (χ1) is 13.5. The Balaban J connectivity index is 1.66. The Kier molecular flexibility index (Phi) is 4.54. The number of unbranched alkanes of at least 4 members (excludes halogenated alkanes) is 1. The van der Waals surface area contributed by atoms with Crippen LogP contribution in [0, 0.1) is 0 Å². The van der Waals surface area contributed by atoms with Crippen molar-refractivity contribution in [1.29, 1.82) is 0 Å². The normalized spacial score (nSPS) is 19.4. The number of urea groups is 1. The molecule has 0 radical (unpaired) electrons. The van der Waals surface area contributed by atoms with Crippen molar-refractivity contribution in [2.24, 2.45) is 0 Å². The highest BCUT2D eigenvalue weighted by Gasteiger charge is 2.49. The summed E-state index contributed by atoms with van der Waals surface area (Å²) in [5, 5.41) is 16.5. The van der Waals surface area contributed by atoms with Crippen molar-refractivity contribution in [3.05, 3.63) is 53.9 Å². The van der Waals surface area contributed by atoms with Gasteiger partial charge in [-0.15, -0.1) is 5.10 Å². The van der Waals surface area contributed by atoms with Gasteiger partial charge in [0.05, 0.1) is 6.54 Å². The van der Waals surface area contributed by atoms with Crippen molar-refractivity contribution < 1.29 is 9.59 Å². The second kappa shape index (κ2) is 7.03. The summed E-state index contributed by atoms with van der Waals surface area (Å²) in [6.07, 6.45) is 1.92. The van der Waals surface area contributed by atoms with Gasteiger partial charge in [-0.05, 0) is 40.1 Å². The molecule has 0 saturated carbocycles. The van der Waals surface area contributed by atoms with Crippen molar-refractivity contribution >= 4 is 22.7 Å². The molecule has 0 bridgehead atoms. The maximum Gasteiger partial charge on any atom is 0.325 e. The fraction of sp³-hybridized carbons (Fsp3) is 0.350. The van der Waals surface area contributed by atoms with E-state index in [9.17, 15) is 9.59 Å². The number of amides is 3. The summed E-state index contributed by atoms with van der Waals surface area (Å²) in [7, 11) is 0. The van der Waals surface area contributed by atoms with Crippen LogP contribution in [0.4, 0.5) is 4.79 Å². The van der Waals surface area contributed by atoms with Gasteiger partial charge in [0.15, 0.2) is 5.82 Å². The summed E-state index contributed by atoms with van der Waals surface area (Å²) >= 11 is 0. The number of fused-ring (bicyclic) bond motifs is 1. The van der Waals surface area contributed by atoms with E-state index < -0.39 is 11.6 Å². The number of nitrogens with zero attached hydrogens (tertiary/aromatic N) is 5. The number of carbonyl (C=O) groups excluding carboxylic acids is 2. The Labute approximate surface area is 162 Å². The molecule has 3 amide bonds. The highest BCUT2D eigenvalue weighted by Crippen LogP contribution is 2.34. The van der Waals surface area contributed by atoms with Gasteiger partial charge in [0.2, 0.25) is 0 Å². The molecule has 1 aromatic heterocycles. The van der Waals surface area contributed by atoms with Crippen molar-refractivity contribution in [3.63, 3.8) is 0 Å². The number of benzene rings is 2. The molecule has 1 aliphatic heterocycles. The third-order valence-corrected chi connectivity index (χ3v) is 5.23. The second-order valence-corrected chi connectivity index (χ2v) is 7.14. The topological polar surface area (TPSA) is 93.0 Å². The SMILES string of the molecule is CCCCn1nnnc1CN1C(=O)NC(C)(c2cccc3ccccc23)C1=O. The number of carbonyl (C=O) groups is 2. The first-order valence-electron chi connectivity index (χ1n) is 9.42. The lowest BCUT2D eigenvalue weighted by molar-refractivity contribution is -0.131. The van der Waals surface area contributed by atoms with E-state index in [0.717, 1.165) is 29.2 Å². The molecule has 2 aromatic carbocycles. The fourth-order valence-corrected chi connectivity index (χ4v) is 3.64. The highest BCUT2D eigenvalue weighted by atomic mass is 16.2. The van der Waals surface area contributed by atoms with Crippen LogP contribution in [0.25, 0.3) is 10.8 Å². The van der Waals surface area contributed by atoms with Gasteiger partial charge in [-0.3, -0.25) is 9.69 Å². The quantitative estimate of drug-likeness (QED) is 0.666. The first kappa shape index (κ1) is 18.1. The molecule has 1 saturated heterocycles. The Morgan fingerprint density at radius 3 is 2.71 bits per heavy atom. The molecule has 1 unspecified atom stereocenters. The summed E-state index contributed by atoms with van der Waals surface area (Å²) in [6.45, 7) is 4.52. The van der Waals surface area contributed by atoms with Crippen molar-refractivity contribution in [1.82, 2.24) is 30.4 Å². The second-order valence-electron chi connectivity index (χ2n) is 7.14. The van der Waals surface area contributed by atoms with Crippen LogP contribution >= 0.6 is 0 Å². The van der Waals surface area contributed by atoms with Gasteiger partial charge in [0.25, 0.3) is 5.91 Å². The summed E-state index contributed by atoms with van der Waals surface area (Å²) in [5.41, 5.74) is -0.364. The van der Waals surface area contributed by atoms with Crippen molar-refractivity contribution in [2.75, 3.05) is 0 Å². The molecule has 0 spiro atoms. The molecular formula is C20H22N6O2. The Morgan fingerprint density at radius 1 is 1.11 bits per heavy atom. The minimum absolute atomic E-state index is 0.0434. The molecule has 28 heavy (non-hydrogen) atoms. The number of rotatable bonds is 6. The zero-order chi connectivity index (χ0) is 19.7. The Bertz CT molecular complexity index is 1040. The maximum atomic E-state index is 13.3. The van der Waals surface area contributed by atoms with E-state index in [1.807, 2.05) is 42.5 Å². The number of hydrogen-bond donors (Lipinski definition) is 1. The van der Waals surface area contributed by atoms with E-state index in [0.29, 0.717) is 12.4 Å². The molecule has 1 N–H and O–H groups in total. The lowest BCUT2D eigenvalue weighted by atomic mass is 9.88. The van der Waals surface area contributed by atoms with Crippen LogP contribution in [0.2, 0.25) is 0 Å². The predicted molar refractivity (Wildman–Crippen MR) is 103 cm³/mol. The largest absolute Gasteiger partial charge is 0.325 e. The molecule has 2 heterocycles. The Morgan fingerprint density at radius 2 is 1.89 bits per heavy atom. The molecule has 1 atom stereocenters. The van der Waals surface area contributed by atoms with Crippen LogP contribution in [0.3, 0.4) is 0 Å². The lowest BCUT2D eigenvalue weighted by Crippen LogP contribution is -2.41. The van der Waals surface area contributed by atoms with E-state index in [1.165, 1.54) is 4.90 Å².